The SMILES string of the molecule is Cc1ccc(C(=O)O)cc1NC(=O)NCC1(C)CCCO1. The highest BCUT2D eigenvalue weighted by Gasteiger charge is 2.30. The fraction of sp³-hybridized carbons (Fsp3) is 0.467. The van der Waals surface area contributed by atoms with E-state index in [0.717, 1.165) is 25.0 Å². The van der Waals surface area contributed by atoms with Crippen LogP contribution < -0.4 is 10.6 Å². The molecule has 6 nitrogen and oxygen atoms in total. The number of carbonyl (C=O) groups excluding carboxylic acids is 1. The summed E-state index contributed by atoms with van der Waals surface area (Å²) in [7, 11) is 0. The van der Waals surface area contributed by atoms with Crippen LogP contribution in [0.4, 0.5) is 10.5 Å². The molecule has 0 aliphatic carbocycles. The molecule has 114 valence electrons. The van der Waals surface area contributed by atoms with Gasteiger partial charge in [0.25, 0.3) is 0 Å². The third kappa shape index (κ3) is 3.95. The molecule has 1 aromatic carbocycles. The van der Waals surface area contributed by atoms with E-state index in [1.807, 2.05) is 13.8 Å². The minimum absolute atomic E-state index is 0.141. The van der Waals surface area contributed by atoms with Crippen LogP contribution in [0.15, 0.2) is 18.2 Å². The first-order valence-electron chi connectivity index (χ1n) is 6.92. The van der Waals surface area contributed by atoms with E-state index in [9.17, 15) is 9.59 Å². The van der Waals surface area contributed by atoms with Gasteiger partial charge >= 0.3 is 12.0 Å². The number of ether oxygens (including phenoxy) is 1. The molecule has 6 heteroatoms. The van der Waals surface area contributed by atoms with Crippen molar-refractivity contribution < 1.29 is 19.4 Å². The Morgan fingerprint density at radius 1 is 1.43 bits per heavy atom. The summed E-state index contributed by atoms with van der Waals surface area (Å²) in [6.45, 7) is 4.93. The summed E-state index contributed by atoms with van der Waals surface area (Å²) in [5, 5.41) is 14.4. The highest BCUT2D eigenvalue weighted by molar-refractivity contribution is 5.94. The smallest absolute Gasteiger partial charge is 0.335 e. The Kier molecular flexibility index (Phi) is 4.47. The number of rotatable bonds is 4. The molecule has 2 amide bonds. The van der Waals surface area contributed by atoms with Gasteiger partial charge in [-0.15, -0.1) is 0 Å². The predicted octanol–water partition coefficient (Wildman–Crippen LogP) is 2.38. The van der Waals surface area contributed by atoms with Crippen LogP contribution in [0.3, 0.4) is 0 Å². The fourth-order valence-electron chi connectivity index (χ4n) is 2.30. The van der Waals surface area contributed by atoms with E-state index in [0.29, 0.717) is 12.2 Å². The quantitative estimate of drug-likeness (QED) is 0.795. The molecule has 0 radical (unpaired) electrons. The zero-order chi connectivity index (χ0) is 15.5. The lowest BCUT2D eigenvalue weighted by atomic mass is 10.0. The molecule has 0 saturated carbocycles. The van der Waals surface area contributed by atoms with Crippen molar-refractivity contribution in [2.24, 2.45) is 0 Å². The van der Waals surface area contributed by atoms with Gasteiger partial charge in [-0.05, 0) is 44.4 Å². The maximum Gasteiger partial charge on any atom is 0.335 e. The normalized spacial score (nSPS) is 21.0. The number of urea groups is 1. The minimum Gasteiger partial charge on any atom is -0.478 e. The van der Waals surface area contributed by atoms with E-state index in [1.165, 1.54) is 12.1 Å². The van der Waals surface area contributed by atoms with E-state index in [-0.39, 0.29) is 17.2 Å². The molecule has 1 atom stereocenters. The summed E-state index contributed by atoms with van der Waals surface area (Å²) < 4.78 is 5.60. The maximum atomic E-state index is 11.9. The number of aromatic carboxylic acids is 1. The van der Waals surface area contributed by atoms with Crippen molar-refractivity contribution in [3.63, 3.8) is 0 Å². The molecular weight excluding hydrogens is 272 g/mol. The first kappa shape index (κ1) is 15.3. The largest absolute Gasteiger partial charge is 0.478 e. The zero-order valence-corrected chi connectivity index (χ0v) is 12.2. The Morgan fingerprint density at radius 2 is 2.19 bits per heavy atom. The van der Waals surface area contributed by atoms with Gasteiger partial charge in [0.05, 0.1) is 11.2 Å². The van der Waals surface area contributed by atoms with E-state index in [1.54, 1.807) is 6.07 Å². The second-order valence-corrected chi connectivity index (χ2v) is 5.54. The molecule has 2 rings (SSSR count). The molecule has 1 unspecified atom stereocenters. The molecule has 3 N–H and O–H groups in total. The minimum atomic E-state index is -1.02. The van der Waals surface area contributed by atoms with Crippen molar-refractivity contribution in [2.75, 3.05) is 18.5 Å². The number of carboxylic acids is 1. The van der Waals surface area contributed by atoms with Gasteiger partial charge in [-0.25, -0.2) is 9.59 Å². The predicted molar refractivity (Wildman–Crippen MR) is 78.8 cm³/mol. The van der Waals surface area contributed by atoms with Gasteiger partial charge < -0.3 is 20.5 Å². The van der Waals surface area contributed by atoms with Gasteiger partial charge in [-0.3, -0.25) is 0 Å². The number of hydrogen-bond acceptors (Lipinski definition) is 3. The Balaban J connectivity index is 1.96. The number of nitrogens with one attached hydrogen (secondary N) is 2. The van der Waals surface area contributed by atoms with Crippen LogP contribution in [0.25, 0.3) is 0 Å². The van der Waals surface area contributed by atoms with E-state index < -0.39 is 5.97 Å². The van der Waals surface area contributed by atoms with Crippen molar-refractivity contribution in [3.05, 3.63) is 29.3 Å². The van der Waals surface area contributed by atoms with E-state index >= 15 is 0 Å². The van der Waals surface area contributed by atoms with Gasteiger partial charge in [0.1, 0.15) is 0 Å². The van der Waals surface area contributed by atoms with Crippen LogP contribution in [-0.2, 0) is 4.74 Å². The van der Waals surface area contributed by atoms with Gasteiger partial charge in [-0.2, -0.15) is 0 Å². The van der Waals surface area contributed by atoms with Crippen LogP contribution in [0, 0.1) is 6.92 Å². The first-order chi connectivity index (χ1) is 9.89. The van der Waals surface area contributed by atoms with Crippen molar-refractivity contribution in [2.45, 2.75) is 32.3 Å². The van der Waals surface area contributed by atoms with Crippen LogP contribution in [0.5, 0.6) is 0 Å². The van der Waals surface area contributed by atoms with Crippen LogP contribution in [-0.4, -0.2) is 35.9 Å². The van der Waals surface area contributed by atoms with Crippen LogP contribution in [0.1, 0.15) is 35.7 Å². The number of hydrogen-bond donors (Lipinski definition) is 3. The number of amides is 2. The second-order valence-electron chi connectivity index (χ2n) is 5.54. The number of benzene rings is 1. The molecule has 1 heterocycles. The molecule has 0 aromatic heterocycles. The third-order valence-corrected chi connectivity index (χ3v) is 3.66. The zero-order valence-electron chi connectivity index (χ0n) is 12.2. The lowest BCUT2D eigenvalue weighted by molar-refractivity contribution is 0.0232. The average molecular weight is 292 g/mol. The van der Waals surface area contributed by atoms with Crippen LogP contribution in [0.2, 0.25) is 0 Å². The molecule has 1 aliphatic heterocycles. The van der Waals surface area contributed by atoms with Crippen LogP contribution >= 0.6 is 0 Å². The van der Waals surface area contributed by atoms with Crippen molar-refractivity contribution >= 4 is 17.7 Å². The molecule has 0 bridgehead atoms. The fourth-order valence-corrected chi connectivity index (χ4v) is 2.30. The van der Waals surface area contributed by atoms with Crippen molar-refractivity contribution in [1.29, 1.82) is 0 Å². The summed E-state index contributed by atoms with van der Waals surface area (Å²) in [5.74, 6) is -1.02. The summed E-state index contributed by atoms with van der Waals surface area (Å²) in [5.41, 5.74) is 1.13. The standard InChI is InChI=1S/C15H20N2O4/c1-10-4-5-11(13(18)19)8-12(10)17-14(20)16-9-15(2)6-3-7-21-15/h4-5,8H,3,6-7,9H2,1-2H3,(H,18,19)(H2,16,17,20). The molecular formula is C15H20N2O4. The monoisotopic (exact) mass is 292 g/mol. The second kappa shape index (κ2) is 6.13. The van der Waals surface area contributed by atoms with Crippen molar-refractivity contribution in [1.82, 2.24) is 5.32 Å². The number of aryl methyl sites for hydroxylation is 1. The molecule has 1 fully saturated rings. The Bertz CT molecular complexity index is 551. The summed E-state index contributed by atoms with van der Waals surface area (Å²) in [6, 6.07) is 4.26. The highest BCUT2D eigenvalue weighted by atomic mass is 16.5. The molecule has 1 saturated heterocycles. The highest BCUT2D eigenvalue weighted by Crippen LogP contribution is 2.24. The lowest BCUT2D eigenvalue weighted by Gasteiger charge is -2.23. The van der Waals surface area contributed by atoms with Gasteiger partial charge in [0, 0.05) is 18.8 Å². The van der Waals surface area contributed by atoms with E-state index in [4.69, 9.17) is 9.84 Å². The summed E-state index contributed by atoms with van der Waals surface area (Å²) in [6.07, 6.45) is 1.92. The number of carboxylic acid groups (broad SMARTS) is 1. The third-order valence-electron chi connectivity index (χ3n) is 3.66. The summed E-state index contributed by atoms with van der Waals surface area (Å²) in [4.78, 5) is 22.9. The molecule has 0 spiro atoms. The number of anilines is 1. The Labute approximate surface area is 123 Å². The average Bonchev–Trinajstić information content (AvgIpc) is 2.86. The number of carbonyl (C=O) groups is 2. The molecule has 21 heavy (non-hydrogen) atoms. The molecule has 1 aromatic rings. The van der Waals surface area contributed by atoms with E-state index in [2.05, 4.69) is 10.6 Å². The lowest BCUT2D eigenvalue weighted by Crippen LogP contribution is -2.42. The maximum absolute atomic E-state index is 11.9. The topological polar surface area (TPSA) is 87.7 Å². The summed E-state index contributed by atoms with van der Waals surface area (Å²) >= 11 is 0. The first-order valence-corrected chi connectivity index (χ1v) is 6.92. The Hall–Kier alpha value is -2.08. The van der Waals surface area contributed by atoms with Crippen molar-refractivity contribution in [3.8, 4) is 0 Å². The Morgan fingerprint density at radius 3 is 2.81 bits per heavy atom. The van der Waals surface area contributed by atoms with Gasteiger partial charge in [0.2, 0.25) is 0 Å². The van der Waals surface area contributed by atoms with Gasteiger partial charge in [-0.1, -0.05) is 6.07 Å². The van der Waals surface area contributed by atoms with Gasteiger partial charge in [0.15, 0.2) is 0 Å². The molecule has 1 aliphatic rings.